The average Bonchev–Trinajstić information content (AvgIpc) is 3.26. The number of imidazole rings is 1. The number of hydrogen-bond acceptors (Lipinski definition) is 3. The molecule has 0 fully saturated rings. The van der Waals surface area contributed by atoms with Crippen LogP contribution < -0.4 is 5.32 Å². The van der Waals surface area contributed by atoms with Crippen LogP contribution in [0.3, 0.4) is 0 Å². The summed E-state index contributed by atoms with van der Waals surface area (Å²) in [5.74, 6) is 1.74. The summed E-state index contributed by atoms with van der Waals surface area (Å²) >= 11 is 0. The Hall–Kier alpha value is -3.66. The molecule has 4 heteroatoms. The van der Waals surface area contributed by atoms with Crippen molar-refractivity contribution in [2.45, 2.75) is 19.8 Å². The predicted molar refractivity (Wildman–Crippen MR) is 120 cm³/mol. The van der Waals surface area contributed by atoms with E-state index in [1.165, 1.54) is 16.5 Å². The number of fused-ring (bicyclic) bond motifs is 1. The van der Waals surface area contributed by atoms with E-state index in [-0.39, 0.29) is 0 Å². The van der Waals surface area contributed by atoms with Crippen molar-refractivity contribution in [2.75, 3.05) is 5.32 Å². The highest BCUT2D eigenvalue weighted by atomic mass is 15.0. The lowest BCUT2D eigenvalue weighted by molar-refractivity contribution is 1.04. The molecule has 142 valence electrons. The van der Waals surface area contributed by atoms with Crippen molar-refractivity contribution >= 4 is 27.9 Å². The third-order valence-corrected chi connectivity index (χ3v) is 5.31. The fraction of sp³-hybridized carbons (Fsp3) is 0.120. The topological polar surface area (TPSA) is 53.6 Å². The van der Waals surface area contributed by atoms with Gasteiger partial charge in [-0.2, -0.15) is 0 Å². The van der Waals surface area contributed by atoms with Crippen LogP contribution in [0, 0.1) is 6.92 Å². The third-order valence-electron chi connectivity index (χ3n) is 5.31. The van der Waals surface area contributed by atoms with E-state index in [0.29, 0.717) is 0 Å². The number of nitrogens with one attached hydrogen (secondary N) is 2. The number of H-pyrrole nitrogens is 1. The molecule has 4 nitrogen and oxygen atoms in total. The number of benzene rings is 2. The molecule has 0 aliphatic heterocycles. The normalized spacial score (nSPS) is 13.5. The molecule has 5 rings (SSSR count). The van der Waals surface area contributed by atoms with Crippen LogP contribution in [0.4, 0.5) is 11.5 Å². The zero-order valence-electron chi connectivity index (χ0n) is 16.3. The number of anilines is 2. The number of hydrogen-bond donors (Lipinski definition) is 2. The molecule has 2 N–H and O–H groups in total. The van der Waals surface area contributed by atoms with Crippen LogP contribution in [0.15, 0.2) is 79.2 Å². The number of aromatic nitrogens is 3. The summed E-state index contributed by atoms with van der Waals surface area (Å²) in [6, 6.07) is 16.6. The molecule has 4 aromatic rings. The summed E-state index contributed by atoms with van der Waals surface area (Å²) in [7, 11) is 0. The van der Waals surface area contributed by atoms with Crippen molar-refractivity contribution < 1.29 is 0 Å². The van der Waals surface area contributed by atoms with Gasteiger partial charge in [0.05, 0.1) is 11.9 Å². The Morgan fingerprint density at radius 1 is 1.00 bits per heavy atom. The predicted octanol–water partition coefficient (Wildman–Crippen LogP) is 6.41. The lowest BCUT2D eigenvalue weighted by Crippen LogP contribution is -1.96. The van der Waals surface area contributed by atoms with Gasteiger partial charge < -0.3 is 10.3 Å². The fourth-order valence-electron chi connectivity index (χ4n) is 3.73. The number of aromatic amines is 1. The smallest absolute Gasteiger partial charge is 0.138 e. The Bertz CT molecular complexity index is 1240. The van der Waals surface area contributed by atoms with Gasteiger partial charge >= 0.3 is 0 Å². The van der Waals surface area contributed by atoms with Gasteiger partial charge in [0.15, 0.2) is 0 Å². The van der Waals surface area contributed by atoms with E-state index >= 15 is 0 Å². The van der Waals surface area contributed by atoms with Crippen LogP contribution in [0.25, 0.3) is 27.7 Å². The molecule has 1 aliphatic carbocycles. The number of aryl methyl sites for hydroxylation is 1. The van der Waals surface area contributed by atoms with E-state index < -0.39 is 0 Å². The highest BCUT2D eigenvalue weighted by molar-refractivity contribution is 5.93. The molecule has 2 heterocycles. The van der Waals surface area contributed by atoms with Crippen molar-refractivity contribution in [3.63, 3.8) is 0 Å². The van der Waals surface area contributed by atoms with Gasteiger partial charge in [-0.25, -0.2) is 9.97 Å². The van der Waals surface area contributed by atoms with Crippen LogP contribution in [0.2, 0.25) is 0 Å². The minimum atomic E-state index is 0.857. The molecular weight excluding hydrogens is 356 g/mol. The molecule has 0 saturated carbocycles. The Balaban J connectivity index is 1.49. The standard InChI is InChI=1S/C25H22N4/c1-17-11-12-20(28-24-21-10-6-5-7-18(21)13-14-26-24)15-22(17)25-27-16-23(29-25)19-8-3-2-4-9-19/h3,5-16H,2,4H2,1H3,(H,26,28)(H,27,29). The maximum absolute atomic E-state index is 4.65. The zero-order chi connectivity index (χ0) is 19.6. The van der Waals surface area contributed by atoms with Gasteiger partial charge in [0.2, 0.25) is 0 Å². The SMILES string of the molecule is Cc1ccc(Nc2nccc3ccccc23)cc1-c1ncc(C2=CCCC=C2)[nH]1. The highest BCUT2D eigenvalue weighted by Crippen LogP contribution is 2.30. The van der Waals surface area contributed by atoms with E-state index in [0.717, 1.165) is 46.8 Å². The summed E-state index contributed by atoms with van der Waals surface area (Å²) in [6.45, 7) is 2.11. The number of rotatable bonds is 4. The monoisotopic (exact) mass is 378 g/mol. The van der Waals surface area contributed by atoms with Gasteiger partial charge in [-0.15, -0.1) is 0 Å². The molecule has 2 aromatic carbocycles. The Morgan fingerprint density at radius 3 is 2.83 bits per heavy atom. The largest absolute Gasteiger partial charge is 0.340 e. The Labute approximate surface area is 170 Å². The maximum Gasteiger partial charge on any atom is 0.138 e. The first-order valence-corrected chi connectivity index (χ1v) is 9.92. The molecule has 2 aromatic heterocycles. The minimum absolute atomic E-state index is 0.857. The van der Waals surface area contributed by atoms with Gasteiger partial charge in [0.1, 0.15) is 11.6 Å². The first-order valence-electron chi connectivity index (χ1n) is 9.92. The van der Waals surface area contributed by atoms with E-state index in [2.05, 4.69) is 75.8 Å². The summed E-state index contributed by atoms with van der Waals surface area (Å²) in [5.41, 5.74) is 5.52. The second-order valence-corrected chi connectivity index (χ2v) is 7.32. The Morgan fingerprint density at radius 2 is 1.93 bits per heavy atom. The summed E-state index contributed by atoms with van der Waals surface area (Å²) < 4.78 is 0. The molecule has 0 amide bonds. The molecule has 29 heavy (non-hydrogen) atoms. The van der Waals surface area contributed by atoms with Crippen LogP contribution in [0.1, 0.15) is 24.1 Å². The van der Waals surface area contributed by atoms with E-state index in [4.69, 9.17) is 0 Å². The number of pyridine rings is 1. The maximum atomic E-state index is 4.65. The summed E-state index contributed by atoms with van der Waals surface area (Å²) in [5, 5.41) is 5.75. The fourth-order valence-corrected chi connectivity index (χ4v) is 3.73. The lowest BCUT2D eigenvalue weighted by Gasteiger charge is -2.11. The molecule has 0 bridgehead atoms. The second kappa shape index (κ2) is 7.40. The van der Waals surface area contributed by atoms with E-state index in [1.807, 2.05) is 30.6 Å². The summed E-state index contributed by atoms with van der Waals surface area (Å²) in [4.78, 5) is 12.7. The first-order chi connectivity index (χ1) is 14.3. The van der Waals surface area contributed by atoms with Gasteiger partial charge in [0, 0.05) is 22.8 Å². The molecule has 0 spiro atoms. The quantitative estimate of drug-likeness (QED) is 0.431. The van der Waals surface area contributed by atoms with Gasteiger partial charge in [-0.3, -0.25) is 0 Å². The van der Waals surface area contributed by atoms with Crippen LogP contribution >= 0.6 is 0 Å². The van der Waals surface area contributed by atoms with Crippen molar-refractivity contribution in [1.29, 1.82) is 0 Å². The molecule has 1 aliphatic rings. The van der Waals surface area contributed by atoms with Crippen molar-refractivity contribution in [1.82, 2.24) is 15.0 Å². The number of allylic oxidation sites excluding steroid dienone is 4. The zero-order valence-corrected chi connectivity index (χ0v) is 16.3. The van der Waals surface area contributed by atoms with Crippen LogP contribution in [0.5, 0.6) is 0 Å². The third kappa shape index (κ3) is 3.45. The van der Waals surface area contributed by atoms with Crippen molar-refractivity contribution in [2.24, 2.45) is 0 Å². The average molecular weight is 378 g/mol. The number of nitrogens with zero attached hydrogens (tertiary/aromatic N) is 2. The van der Waals surface area contributed by atoms with Crippen molar-refractivity contribution in [3.05, 3.63) is 90.4 Å². The van der Waals surface area contributed by atoms with Crippen LogP contribution in [-0.4, -0.2) is 15.0 Å². The van der Waals surface area contributed by atoms with Gasteiger partial charge in [0.25, 0.3) is 0 Å². The highest BCUT2D eigenvalue weighted by Gasteiger charge is 2.11. The summed E-state index contributed by atoms with van der Waals surface area (Å²) in [6.07, 6.45) is 12.6. The van der Waals surface area contributed by atoms with E-state index in [1.54, 1.807) is 0 Å². The molecule has 0 atom stereocenters. The minimum Gasteiger partial charge on any atom is -0.340 e. The van der Waals surface area contributed by atoms with Crippen molar-refractivity contribution in [3.8, 4) is 11.4 Å². The molecular formula is C25H22N4. The van der Waals surface area contributed by atoms with Crippen LogP contribution in [-0.2, 0) is 0 Å². The second-order valence-electron chi connectivity index (χ2n) is 7.32. The Kier molecular flexibility index (Phi) is 4.45. The molecule has 0 unspecified atom stereocenters. The van der Waals surface area contributed by atoms with Gasteiger partial charge in [-0.05, 0) is 54.5 Å². The van der Waals surface area contributed by atoms with Gasteiger partial charge in [-0.1, -0.05) is 48.6 Å². The lowest BCUT2D eigenvalue weighted by atomic mass is 10.1. The molecule has 0 saturated heterocycles. The van der Waals surface area contributed by atoms with E-state index in [9.17, 15) is 0 Å². The first kappa shape index (κ1) is 17.4. The molecule has 0 radical (unpaired) electrons.